The van der Waals surface area contributed by atoms with Crippen molar-refractivity contribution in [2.75, 3.05) is 0 Å². The van der Waals surface area contributed by atoms with E-state index in [2.05, 4.69) is 16.5 Å². The molecule has 0 saturated heterocycles. The second-order valence-corrected chi connectivity index (χ2v) is 5.48. The Morgan fingerprint density at radius 3 is 2.72 bits per heavy atom. The van der Waals surface area contributed by atoms with E-state index < -0.39 is 0 Å². The summed E-state index contributed by atoms with van der Waals surface area (Å²) < 4.78 is 15.4. The van der Waals surface area contributed by atoms with Crippen LogP contribution < -0.4 is 5.73 Å². The van der Waals surface area contributed by atoms with E-state index in [4.69, 9.17) is 5.73 Å². The predicted octanol–water partition coefficient (Wildman–Crippen LogP) is 2.87. The van der Waals surface area contributed by atoms with Crippen LogP contribution in [0.5, 0.6) is 0 Å². The summed E-state index contributed by atoms with van der Waals surface area (Å²) in [6, 6.07) is 4.72. The second-order valence-electron chi connectivity index (χ2n) is 5.48. The Morgan fingerprint density at radius 1 is 1.39 bits per heavy atom. The number of hydrogen-bond donors (Lipinski definition) is 1. The Bertz CT molecular complexity index is 552. The predicted molar refractivity (Wildman–Crippen MR) is 72.0 cm³/mol. The molecule has 0 bridgehead atoms. The van der Waals surface area contributed by atoms with E-state index in [1.807, 2.05) is 13.8 Å². The summed E-state index contributed by atoms with van der Waals surface area (Å²) in [4.78, 5) is 4.57. The number of imidazole rings is 1. The van der Waals surface area contributed by atoms with Gasteiger partial charge in [0, 0.05) is 18.5 Å². The maximum atomic E-state index is 13.3. The zero-order chi connectivity index (χ0) is 13.3. The number of fused-ring (bicyclic) bond motifs is 1. The lowest BCUT2D eigenvalue weighted by Gasteiger charge is -2.18. The molecule has 2 N–H and O–H groups in total. The normalized spacial score (nSPS) is 12.3. The van der Waals surface area contributed by atoms with E-state index in [0.29, 0.717) is 6.42 Å². The minimum absolute atomic E-state index is 0.224. The lowest BCUT2D eigenvalue weighted by molar-refractivity contribution is 0.486. The van der Waals surface area contributed by atoms with Gasteiger partial charge in [0.2, 0.25) is 0 Å². The highest BCUT2D eigenvalue weighted by molar-refractivity contribution is 5.76. The van der Waals surface area contributed by atoms with Crippen molar-refractivity contribution in [1.29, 1.82) is 0 Å². The van der Waals surface area contributed by atoms with Crippen LogP contribution in [0.15, 0.2) is 18.2 Å². The molecule has 18 heavy (non-hydrogen) atoms. The monoisotopic (exact) mass is 249 g/mol. The molecular formula is C14H20FN3. The number of nitrogens with zero attached hydrogens (tertiary/aromatic N) is 2. The molecule has 0 unspecified atom stereocenters. The minimum atomic E-state index is -0.314. The van der Waals surface area contributed by atoms with Crippen LogP contribution in [0.3, 0.4) is 0 Å². The highest BCUT2D eigenvalue weighted by Gasteiger charge is 2.18. The summed E-state index contributed by atoms with van der Waals surface area (Å²) in [5.74, 6) is 0.711. The average molecular weight is 249 g/mol. The van der Waals surface area contributed by atoms with Gasteiger partial charge < -0.3 is 10.3 Å². The van der Waals surface area contributed by atoms with Gasteiger partial charge in [0.25, 0.3) is 0 Å². The van der Waals surface area contributed by atoms with Crippen LogP contribution in [0.4, 0.5) is 4.39 Å². The smallest absolute Gasteiger partial charge is 0.125 e. The van der Waals surface area contributed by atoms with Crippen molar-refractivity contribution in [3.05, 3.63) is 29.8 Å². The average Bonchev–Trinajstić information content (AvgIpc) is 2.55. The maximum Gasteiger partial charge on any atom is 0.125 e. The molecular weight excluding hydrogens is 229 g/mol. The summed E-state index contributed by atoms with van der Waals surface area (Å²) >= 11 is 0. The molecule has 1 aromatic heterocycles. The van der Waals surface area contributed by atoms with Gasteiger partial charge in [0.15, 0.2) is 0 Å². The van der Waals surface area contributed by atoms with Gasteiger partial charge in [-0.2, -0.15) is 0 Å². The molecule has 98 valence electrons. The van der Waals surface area contributed by atoms with Crippen LogP contribution in [-0.2, 0) is 13.0 Å². The zero-order valence-electron chi connectivity index (χ0n) is 11.2. The van der Waals surface area contributed by atoms with Gasteiger partial charge in [-0.25, -0.2) is 9.37 Å². The van der Waals surface area contributed by atoms with Crippen LogP contribution in [0.25, 0.3) is 11.0 Å². The Hall–Kier alpha value is -1.42. The summed E-state index contributed by atoms with van der Waals surface area (Å²) in [6.07, 6.45) is 1.67. The van der Waals surface area contributed by atoms with Crippen LogP contribution in [0.2, 0.25) is 0 Å². The number of halogens is 1. The quantitative estimate of drug-likeness (QED) is 0.905. The lowest BCUT2D eigenvalue weighted by Crippen LogP contribution is -2.35. The van der Waals surface area contributed by atoms with Crippen molar-refractivity contribution >= 4 is 11.0 Å². The third-order valence-electron chi connectivity index (χ3n) is 2.85. The fourth-order valence-corrected chi connectivity index (χ4v) is 2.16. The molecule has 0 spiro atoms. The van der Waals surface area contributed by atoms with E-state index in [1.54, 1.807) is 12.1 Å². The molecule has 2 rings (SSSR count). The maximum absolute atomic E-state index is 13.3. The van der Waals surface area contributed by atoms with Crippen LogP contribution >= 0.6 is 0 Å². The van der Waals surface area contributed by atoms with Crippen molar-refractivity contribution in [2.45, 2.75) is 45.7 Å². The SMILES string of the molecule is CCCn1c(CC(C)(C)N)nc2ccc(F)cc21. The highest BCUT2D eigenvalue weighted by Crippen LogP contribution is 2.20. The van der Waals surface area contributed by atoms with Crippen molar-refractivity contribution in [3.63, 3.8) is 0 Å². The fraction of sp³-hybridized carbons (Fsp3) is 0.500. The molecule has 1 heterocycles. The topological polar surface area (TPSA) is 43.8 Å². The zero-order valence-corrected chi connectivity index (χ0v) is 11.2. The summed E-state index contributed by atoms with van der Waals surface area (Å²) in [5.41, 5.74) is 7.44. The molecule has 0 aliphatic heterocycles. The van der Waals surface area contributed by atoms with Gasteiger partial charge in [-0.15, -0.1) is 0 Å². The van der Waals surface area contributed by atoms with E-state index in [0.717, 1.165) is 29.8 Å². The molecule has 0 amide bonds. The lowest BCUT2D eigenvalue weighted by atomic mass is 10.0. The van der Waals surface area contributed by atoms with Gasteiger partial charge >= 0.3 is 0 Å². The third-order valence-corrected chi connectivity index (χ3v) is 2.85. The first-order valence-electron chi connectivity index (χ1n) is 6.34. The number of benzene rings is 1. The summed E-state index contributed by atoms with van der Waals surface area (Å²) in [7, 11) is 0. The van der Waals surface area contributed by atoms with Crippen molar-refractivity contribution in [3.8, 4) is 0 Å². The van der Waals surface area contributed by atoms with E-state index in [1.165, 1.54) is 6.07 Å². The molecule has 1 aromatic carbocycles. The summed E-state index contributed by atoms with van der Waals surface area (Å²) in [6.45, 7) is 6.89. The molecule has 0 saturated carbocycles. The Kier molecular flexibility index (Phi) is 3.39. The number of rotatable bonds is 4. The first-order valence-corrected chi connectivity index (χ1v) is 6.34. The van der Waals surface area contributed by atoms with Crippen molar-refractivity contribution in [2.24, 2.45) is 5.73 Å². The van der Waals surface area contributed by atoms with Crippen LogP contribution in [0.1, 0.15) is 33.0 Å². The Balaban J connectivity index is 2.54. The number of hydrogen-bond acceptors (Lipinski definition) is 2. The van der Waals surface area contributed by atoms with E-state index in [9.17, 15) is 4.39 Å². The largest absolute Gasteiger partial charge is 0.328 e. The first-order chi connectivity index (χ1) is 8.40. The Morgan fingerprint density at radius 2 is 2.11 bits per heavy atom. The molecule has 2 aromatic rings. The van der Waals surface area contributed by atoms with Crippen molar-refractivity contribution in [1.82, 2.24) is 9.55 Å². The van der Waals surface area contributed by atoms with Gasteiger partial charge in [0.05, 0.1) is 11.0 Å². The molecule has 3 nitrogen and oxygen atoms in total. The molecule has 0 radical (unpaired) electrons. The van der Waals surface area contributed by atoms with Crippen LogP contribution in [-0.4, -0.2) is 15.1 Å². The van der Waals surface area contributed by atoms with E-state index in [-0.39, 0.29) is 11.4 Å². The number of aryl methyl sites for hydroxylation is 1. The number of aromatic nitrogens is 2. The van der Waals surface area contributed by atoms with E-state index >= 15 is 0 Å². The molecule has 4 heteroatoms. The molecule has 0 aliphatic rings. The first kappa shape index (κ1) is 13.0. The second kappa shape index (κ2) is 4.69. The molecule has 0 atom stereocenters. The fourth-order valence-electron chi connectivity index (χ4n) is 2.16. The standard InChI is InChI=1S/C14H20FN3/c1-4-7-18-12-8-10(15)5-6-11(12)17-13(18)9-14(2,3)16/h5-6,8H,4,7,9,16H2,1-3H3. The highest BCUT2D eigenvalue weighted by atomic mass is 19.1. The summed E-state index contributed by atoms with van der Waals surface area (Å²) in [5, 5.41) is 0. The molecule has 0 aliphatic carbocycles. The third kappa shape index (κ3) is 2.70. The minimum Gasteiger partial charge on any atom is -0.328 e. The van der Waals surface area contributed by atoms with Crippen LogP contribution in [0, 0.1) is 5.82 Å². The van der Waals surface area contributed by atoms with Gasteiger partial charge in [-0.3, -0.25) is 0 Å². The Labute approximate surface area is 107 Å². The van der Waals surface area contributed by atoms with Gasteiger partial charge in [-0.1, -0.05) is 6.92 Å². The molecule has 0 fully saturated rings. The van der Waals surface area contributed by atoms with Gasteiger partial charge in [0.1, 0.15) is 11.6 Å². The number of nitrogens with two attached hydrogens (primary N) is 1. The van der Waals surface area contributed by atoms with Crippen molar-refractivity contribution < 1.29 is 4.39 Å². The van der Waals surface area contributed by atoms with Gasteiger partial charge in [-0.05, 0) is 38.5 Å².